The summed E-state index contributed by atoms with van der Waals surface area (Å²) in [5.74, 6) is -0.304. The molecular weight excluding hydrogens is 620 g/mol. The molecule has 0 saturated carbocycles. The molecule has 2 bridgehead atoms. The van der Waals surface area contributed by atoms with E-state index < -0.39 is 26.8 Å². The normalized spacial score (nSPS) is 32.0. The summed E-state index contributed by atoms with van der Waals surface area (Å²) in [6, 6.07) is 11.3. The van der Waals surface area contributed by atoms with Gasteiger partial charge in [-0.25, -0.2) is 13.1 Å². The van der Waals surface area contributed by atoms with Crippen molar-refractivity contribution < 1.29 is 23.1 Å². The van der Waals surface area contributed by atoms with Crippen LogP contribution in [-0.2, 0) is 21.9 Å². The maximum absolute atomic E-state index is 13.5. The van der Waals surface area contributed by atoms with E-state index in [2.05, 4.69) is 42.2 Å². The highest BCUT2D eigenvalue weighted by molar-refractivity contribution is 7.90. The topological polar surface area (TPSA) is 95.9 Å². The van der Waals surface area contributed by atoms with Crippen molar-refractivity contribution in [3.8, 4) is 5.75 Å². The summed E-state index contributed by atoms with van der Waals surface area (Å²) in [7, 11) is -3.97. The maximum Gasteiger partial charge on any atom is 0.264 e. The molecular formula is C37H49ClN2O5S. The first-order valence-electron chi connectivity index (χ1n) is 16.7. The zero-order valence-corrected chi connectivity index (χ0v) is 29.2. The molecule has 1 amide bonds. The molecule has 2 N–H and O–H groups in total. The number of halogens is 1. The largest absolute Gasteiger partial charge is 0.490 e. The van der Waals surface area contributed by atoms with E-state index in [1.165, 1.54) is 11.1 Å². The number of anilines is 1. The molecule has 250 valence electrons. The summed E-state index contributed by atoms with van der Waals surface area (Å²) in [5, 5.41) is 12.2. The van der Waals surface area contributed by atoms with Crippen LogP contribution in [0.3, 0.4) is 0 Å². The highest BCUT2D eigenvalue weighted by Gasteiger charge is 2.44. The lowest BCUT2D eigenvalue weighted by Crippen LogP contribution is -2.49. The molecule has 1 aliphatic carbocycles. The zero-order valence-electron chi connectivity index (χ0n) is 27.6. The summed E-state index contributed by atoms with van der Waals surface area (Å²) < 4.78 is 35.6. The number of carbonyl (C=O) groups excluding carboxylic acids is 1. The number of benzene rings is 2. The molecule has 1 spiro atoms. The van der Waals surface area contributed by atoms with E-state index in [4.69, 9.17) is 16.3 Å². The lowest BCUT2D eigenvalue weighted by Gasteiger charge is -2.43. The second-order valence-electron chi connectivity index (χ2n) is 13.9. The number of carbonyl (C=O) groups is 1. The number of fused-ring (bicyclic) bond motifs is 3. The van der Waals surface area contributed by atoms with Crippen molar-refractivity contribution in [2.75, 3.05) is 24.6 Å². The van der Waals surface area contributed by atoms with Crippen LogP contribution in [0.5, 0.6) is 5.75 Å². The molecule has 3 aliphatic rings. The number of hydrogen-bond acceptors (Lipinski definition) is 6. The third kappa shape index (κ3) is 6.90. The van der Waals surface area contributed by atoms with E-state index in [1.54, 1.807) is 25.1 Å². The molecule has 2 aromatic rings. The van der Waals surface area contributed by atoms with Gasteiger partial charge in [0.25, 0.3) is 5.91 Å². The van der Waals surface area contributed by atoms with Crippen LogP contribution in [0.25, 0.3) is 0 Å². The average Bonchev–Trinajstić information content (AvgIpc) is 3.16. The van der Waals surface area contributed by atoms with E-state index in [1.807, 2.05) is 31.2 Å². The van der Waals surface area contributed by atoms with Crippen molar-refractivity contribution in [2.45, 2.75) is 88.9 Å². The van der Waals surface area contributed by atoms with E-state index >= 15 is 0 Å². The molecule has 0 fully saturated rings. The number of nitrogens with one attached hydrogen (secondary N) is 1. The van der Waals surface area contributed by atoms with Gasteiger partial charge in [-0.1, -0.05) is 56.7 Å². The smallest absolute Gasteiger partial charge is 0.264 e. The van der Waals surface area contributed by atoms with Gasteiger partial charge in [-0.15, -0.1) is 6.58 Å². The number of aliphatic hydroxyl groups is 1. The number of amides is 1. The van der Waals surface area contributed by atoms with Gasteiger partial charge in [-0.05, 0) is 111 Å². The zero-order chi connectivity index (χ0) is 33.3. The number of rotatable bonds is 4. The second-order valence-corrected chi connectivity index (χ2v) is 16.4. The van der Waals surface area contributed by atoms with Gasteiger partial charge in [-0.3, -0.25) is 4.79 Å². The fourth-order valence-electron chi connectivity index (χ4n) is 7.97. The second kappa shape index (κ2) is 13.7. The van der Waals surface area contributed by atoms with Crippen LogP contribution >= 0.6 is 11.6 Å². The van der Waals surface area contributed by atoms with Crippen LogP contribution in [0.2, 0.25) is 5.02 Å². The van der Waals surface area contributed by atoms with Crippen LogP contribution < -0.4 is 14.4 Å². The van der Waals surface area contributed by atoms with Crippen molar-refractivity contribution in [1.82, 2.24) is 4.72 Å². The van der Waals surface area contributed by atoms with Gasteiger partial charge in [-0.2, -0.15) is 0 Å². The lowest BCUT2D eigenvalue weighted by molar-refractivity contribution is -0.00435. The molecule has 2 aromatic carbocycles. The highest BCUT2D eigenvalue weighted by atomic mass is 35.5. The Bertz CT molecular complexity index is 1590. The van der Waals surface area contributed by atoms with Crippen molar-refractivity contribution >= 4 is 33.2 Å². The van der Waals surface area contributed by atoms with E-state index in [0.29, 0.717) is 44.7 Å². The van der Waals surface area contributed by atoms with Gasteiger partial charge in [0.2, 0.25) is 10.0 Å². The van der Waals surface area contributed by atoms with Gasteiger partial charge in [0.1, 0.15) is 5.75 Å². The molecule has 0 unspecified atom stereocenters. The predicted octanol–water partition coefficient (Wildman–Crippen LogP) is 7.22. The molecule has 46 heavy (non-hydrogen) atoms. The van der Waals surface area contributed by atoms with E-state index in [-0.39, 0.29) is 28.7 Å². The Kier molecular flexibility index (Phi) is 10.3. The maximum atomic E-state index is 13.5. The molecule has 5 rings (SSSR count). The van der Waals surface area contributed by atoms with Crippen molar-refractivity contribution in [3.63, 3.8) is 0 Å². The minimum absolute atomic E-state index is 0.0582. The Morgan fingerprint density at radius 1 is 1.17 bits per heavy atom. The Morgan fingerprint density at radius 3 is 2.70 bits per heavy atom. The third-order valence-corrected chi connectivity index (χ3v) is 12.9. The summed E-state index contributed by atoms with van der Waals surface area (Å²) in [4.78, 5) is 15.8. The summed E-state index contributed by atoms with van der Waals surface area (Å²) in [5.41, 5.74) is 2.07. The highest BCUT2D eigenvalue weighted by Crippen LogP contribution is 2.46. The fourth-order valence-corrected chi connectivity index (χ4v) is 9.45. The first-order valence-corrected chi connectivity index (χ1v) is 18.6. The Balaban J connectivity index is 1.64. The quantitative estimate of drug-likeness (QED) is 0.334. The third-order valence-electron chi connectivity index (χ3n) is 10.8. The van der Waals surface area contributed by atoms with Gasteiger partial charge in [0.05, 0.1) is 23.1 Å². The first kappa shape index (κ1) is 34.5. The molecule has 2 aliphatic heterocycles. The summed E-state index contributed by atoms with van der Waals surface area (Å²) >= 11 is 6.43. The standard InChI is InChI=1S/C37H49ClN2O5S/c1-6-8-18-37(42)19-9-11-25(3)27(5)46(43,44)39-35(41)29-13-16-34-33(21-29)40(22-26(4)31(37)7-2)23-36(24-45-34)17-10-12-28-20-30(38)14-15-32(28)36/h6,9,13-16,19-21,25-27,31,42H,1,7-8,10-12,17-18,22-24H2,2-5H3,(H,39,41)/b19-9+/t25-,26-,27+,31+,36-,37-/m0/s1. The molecule has 6 atom stereocenters. The van der Waals surface area contributed by atoms with Crippen molar-refractivity contribution in [3.05, 3.63) is 82.9 Å². The Hall–Kier alpha value is -2.81. The number of allylic oxidation sites excluding steroid dienone is 2. The number of hydrogen-bond donors (Lipinski definition) is 2. The Labute approximate surface area is 280 Å². The lowest BCUT2D eigenvalue weighted by atomic mass is 9.69. The van der Waals surface area contributed by atoms with Crippen LogP contribution in [-0.4, -0.2) is 50.0 Å². The molecule has 0 radical (unpaired) electrons. The molecule has 0 saturated heterocycles. The SMILES string of the molecule is C=CCC[C@]1(O)/C=C/C[C@H](C)[C@@H](C)S(=O)(=O)NC(=O)c2ccc3c(c2)N(C[C@H](C)[C@H]1CC)C[C@@]1(CCCc2cc(Cl)ccc21)CO3. The van der Waals surface area contributed by atoms with Gasteiger partial charge in [0, 0.05) is 29.1 Å². The molecule has 7 nitrogen and oxygen atoms in total. The van der Waals surface area contributed by atoms with Gasteiger partial charge < -0.3 is 14.7 Å². The number of nitrogens with zero attached hydrogens (tertiary/aromatic N) is 1. The van der Waals surface area contributed by atoms with Crippen LogP contribution in [0.1, 0.15) is 87.7 Å². The van der Waals surface area contributed by atoms with Crippen molar-refractivity contribution in [1.29, 1.82) is 0 Å². The van der Waals surface area contributed by atoms with E-state index in [9.17, 15) is 18.3 Å². The van der Waals surface area contributed by atoms with Crippen LogP contribution in [0.15, 0.2) is 61.2 Å². The van der Waals surface area contributed by atoms with Crippen LogP contribution in [0, 0.1) is 17.8 Å². The van der Waals surface area contributed by atoms with E-state index in [0.717, 1.165) is 36.4 Å². The van der Waals surface area contributed by atoms with Gasteiger partial charge in [0.15, 0.2) is 0 Å². The van der Waals surface area contributed by atoms with Gasteiger partial charge >= 0.3 is 0 Å². The fraction of sp³-hybridized carbons (Fsp3) is 0.541. The molecule has 2 heterocycles. The average molecular weight is 669 g/mol. The minimum Gasteiger partial charge on any atom is -0.490 e. The minimum atomic E-state index is -3.97. The number of aryl methyl sites for hydroxylation is 1. The predicted molar refractivity (Wildman–Crippen MR) is 186 cm³/mol. The number of ether oxygens (including phenoxy) is 1. The molecule has 9 heteroatoms. The number of sulfonamides is 1. The van der Waals surface area contributed by atoms with Crippen LogP contribution in [0.4, 0.5) is 5.69 Å². The summed E-state index contributed by atoms with van der Waals surface area (Å²) in [6.07, 6.45) is 10.9. The van der Waals surface area contributed by atoms with Crippen molar-refractivity contribution in [2.24, 2.45) is 17.8 Å². The molecule has 0 aromatic heterocycles. The first-order chi connectivity index (χ1) is 21.8. The monoisotopic (exact) mass is 668 g/mol. The summed E-state index contributed by atoms with van der Waals surface area (Å²) in [6.45, 7) is 13.4. The Morgan fingerprint density at radius 2 is 1.96 bits per heavy atom.